The van der Waals surface area contributed by atoms with Gasteiger partial charge in [0, 0.05) is 6.42 Å². The highest BCUT2D eigenvalue weighted by Gasteiger charge is 2.27. The Morgan fingerprint density at radius 1 is 0.698 bits per heavy atom. The van der Waals surface area contributed by atoms with Crippen LogP contribution in [0.2, 0.25) is 0 Å². The summed E-state index contributed by atoms with van der Waals surface area (Å²) in [7, 11) is 1.49. The number of phosphoric acid groups is 1. The van der Waals surface area contributed by atoms with Crippen LogP contribution < -0.4 is 5.32 Å². The van der Waals surface area contributed by atoms with E-state index in [4.69, 9.17) is 9.05 Å². The third-order valence-corrected chi connectivity index (χ3v) is 9.52. The third-order valence-electron chi connectivity index (χ3n) is 8.53. The van der Waals surface area contributed by atoms with Gasteiger partial charge in [0.1, 0.15) is 13.2 Å². The fourth-order valence-corrected chi connectivity index (χ4v) is 5.81. The fourth-order valence-electron chi connectivity index (χ4n) is 5.07. The molecule has 0 radical (unpaired) electrons. The highest BCUT2D eigenvalue weighted by Crippen LogP contribution is 2.43. The van der Waals surface area contributed by atoms with Gasteiger partial charge in [0.2, 0.25) is 5.91 Å². The van der Waals surface area contributed by atoms with E-state index in [2.05, 4.69) is 73.0 Å². The topological polar surface area (TPSA) is 125 Å². The Bertz CT molecular complexity index is 1110. The van der Waals surface area contributed by atoms with Gasteiger partial charge < -0.3 is 24.9 Å². The van der Waals surface area contributed by atoms with Crippen LogP contribution in [0.5, 0.6) is 0 Å². The van der Waals surface area contributed by atoms with Crippen LogP contribution in [0.25, 0.3) is 0 Å². The van der Waals surface area contributed by atoms with Crippen molar-refractivity contribution in [1.29, 1.82) is 0 Å². The van der Waals surface area contributed by atoms with E-state index in [-0.39, 0.29) is 31.6 Å². The van der Waals surface area contributed by atoms with E-state index in [9.17, 15) is 24.5 Å². The number of hydrogen-bond acceptors (Lipinski definition) is 6. The van der Waals surface area contributed by atoms with Gasteiger partial charge in [-0.25, -0.2) is 4.57 Å². The Morgan fingerprint density at radius 3 is 1.79 bits per heavy atom. The molecule has 0 bridgehead atoms. The first-order chi connectivity index (χ1) is 25.4. The molecule has 53 heavy (non-hydrogen) atoms. The molecule has 0 spiro atoms. The number of aliphatic hydroxyl groups is 2. The molecule has 0 heterocycles. The van der Waals surface area contributed by atoms with Crippen LogP contribution in [0.3, 0.4) is 0 Å². The van der Waals surface area contributed by atoms with E-state index in [1.165, 1.54) is 38.5 Å². The van der Waals surface area contributed by atoms with Crippen LogP contribution >= 0.6 is 7.82 Å². The number of hydrogen-bond donors (Lipinski definition) is 4. The fraction of sp³-hybridized carbons (Fsp3) is 0.698. The van der Waals surface area contributed by atoms with E-state index < -0.39 is 20.0 Å². The summed E-state index contributed by atoms with van der Waals surface area (Å²) in [6.45, 7) is 4.39. The zero-order valence-corrected chi connectivity index (χ0v) is 35.0. The largest absolute Gasteiger partial charge is 0.472 e. The number of allylic oxidation sites excluding steroid dienone is 11. The van der Waals surface area contributed by atoms with Crippen molar-refractivity contribution in [2.75, 3.05) is 40.9 Å². The van der Waals surface area contributed by atoms with E-state index >= 15 is 0 Å². The Labute approximate surface area is 324 Å². The lowest BCUT2D eigenvalue weighted by Gasteiger charge is -2.25. The average molecular weight is 766 g/mol. The van der Waals surface area contributed by atoms with Gasteiger partial charge in [-0.3, -0.25) is 13.8 Å². The highest BCUT2D eigenvalue weighted by molar-refractivity contribution is 7.47. The number of carbonyl (C=O) groups is 1. The van der Waals surface area contributed by atoms with Crippen molar-refractivity contribution in [2.45, 2.75) is 154 Å². The van der Waals surface area contributed by atoms with Crippen molar-refractivity contribution in [3.63, 3.8) is 0 Å². The van der Waals surface area contributed by atoms with Gasteiger partial charge in [-0.1, -0.05) is 119 Å². The molecule has 0 fully saturated rings. The Balaban J connectivity index is 4.63. The van der Waals surface area contributed by atoms with Crippen LogP contribution in [0.1, 0.15) is 136 Å². The maximum Gasteiger partial charge on any atom is 0.472 e. The molecule has 4 N–H and O–H groups in total. The molecule has 306 valence electrons. The smallest absolute Gasteiger partial charge is 0.393 e. The summed E-state index contributed by atoms with van der Waals surface area (Å²) in [6.07, 6.45) is 42.0. The van der Waals surface area contributed by atoms with Crippen LogP contribution in [-0.2, 0) is 18.4 Å². The minimum absolute atomic E-state index is 0.0395. The zero-order valence-electron chi connectivity index (χ0n) is 34.1. The summed E-state index contributed by atoms with van der Waals surface area (Å²) in [5.74, 6) is -0.251. The van der Waals surface area contributed by atoms with Crippen LogP contribution in [0.4, 0.5) is 0 Å². The summed E-state index contributed by atoms with van der Waals surface area (Å²) >= 11 is 0. The van der Waals surface area contributed by atoms with Crippen molar-refractivity contribution < 1.29 is 38.0 Å². The Hall–Kier alpha value is -2.10. The number of amides is 1. The number of carbonyl (C=O) groups excluding carboxylic acids is 1. The number of rotatable bonds is 35. The summed E-state index contributed by atoms with van der Waals surface area (Å²) in [5, 5.41) is 23.3. The van der Waals surface area contributed by atoms with Gasteiger partial charge in [-0.15, -0.1) is 0 Å². The zero-order chi connectivity index (χ0) is 39.5. The number of nitrogens with one attached hydrogen (secondary N) is 1. The van der Waals surface area contributed by atoms with Crippen molar-refractivity contribution in [3.05, 3.63) is 72.9 Å². The standard InChI is InChI=1S/C43H77N2O7P/c1-6-8-9-10-11-12-13-16-20-23-26-29-32-35-42(47)41(39-52-53(49,50)51-38-37-45(3,4)5)44-43(48)36-33-30-27-24-21-18-15-14-17-19-22-25-28-31-34-40(46)7-2/h9-10,15,17-19,24-25,27-28,32,35,40-42,46-47H,6-8,11-14,16,20-23,26,29-31,33-34,36-39H2,1-5H3,(H-,44,48,49,50)/p+1/b10-9-,18-15-,19-17-,27-24-,28-25-,35-32+/t40-,41+,42-/m1/s1. The van der Waals surface area contributed by atoms with Gasteiger partial charge in [-0.05, 0) is 83.5 Å². The Kier molecular flexibility index (Phi) is 33.0. The van der Waals surface area contributed by atoms with Crippen LogP contribution in [0, 0.1) is 0 Å². The molecular weight excluding hydrogens is 687 g/mol. The lowest BCUT2D eigenvalue weighted by molar-refractivity contribution is -0.870. The second-order valence-corrected chi connectivity index (χ2v) is 16.2. The molecule has 0 aromatic heterocycles. The quantitative estimate of drug-likeness (QED) is 0.0219. The first-order valence-electron chi connectivity index (χ1n) is 20.4. The molecule has 0 aliphatic carbocycles. The molecule has 0 aliphatic heterocycles. The van der Waals surface area contributed by atoms with E-state index in [0.717, 1.165) is 70.6 Å². The minimum Gasteiger partial charge on any atom is -0.393 e. The van der Waals surface area contributed by atoms with Crippen molar-refractivity contribution in [2.24, 2.45) is 0 Å². The highest BCUT2D eigenvalue weighted by atomic mass is 31.2. The van der Waals surface area contributed by atoms with Crippen LogP contribution in [0.15, 0.2) is 72.9 Å². The molecule has 9 nitrogen and oxygen atoms in total. The molecule has 0 saturated heterocycles. The third kappa shape index (κ3) is 36.6. The van der Waals surface area contributed by atoms with Gasteiger partial charge in [-0.2, -0.15) is 0 Å². The first kappa shape index (κ1) is 50.9. The van der Waals surface area contributed by atoms with Crippen LogP contribution in [-0.4, -0.2) is 84.6 Å². The normalized spacial score (nSPS) is 15.8. The SMILES string of the molecule is CCC/C=C\CCCCCCCC/C=C/[C@@H](O)[C@H](COP(=O)(O)OCC[N+](C)(C)C)NC(=O)CCC/C=C\C/C=C\C/C=C\C/C=C\CC[C@H](O)CC. The van der Waals surface area contributed by atoms with E-state index in [0.29, 0.717) is 17.4 Å². The number of aliphatic hydroxyl groups excluding tert-OH is 2. The number of likely N-dealkylation sites (N-methyl/N-ethyl adjacent to an activating group) is 1. The molecule has 0 aromatic rings. The first-order valence-corrected chi connectivity index (χ1v) is 21.9. The monoisotopic (exact) mass is 766 g/mol. The second kappa shape index (κ2) is 34.4. The molecule has 0 aromatic carbocycles. The molecular formula is C43H78N2O7P+. The lowest BCUT2D eigenvalue weighted by Crippen LogP contribution is -2.45. The predicted octanol–water partition coefficient (Wildman–Crippen LogP) is 9.82. The predicted molar refractivity (Wildman–Crippen MR) is 222 cm³/mol. The molecule has 1 unspecified atom stereocenters. The number of unbranched alkanes of at least 4 members (excludes halogenated alkanes) is 9. The molecule has 4 atom stereocenters. The van der Waals surface area contributed by atoms with Crippen molar-refractivity contribution in [1.82, 2.24) is 5.32 Å². The molecule has 10 heteroatoms. The number of nitrogens with zero attached hydrogens (tertiary/aromatic N) is 1. The molecule has 1 amide bonds. The summed E-state index contributed by atoms with van der Waals surface area (Å²) in [5.41, 5.74) is 0. The molecule has 0 saturated carbocycles. The molecule has 0 aliphatic rings. The van der Waals surface area contributed by atoms with Gasteiger partial charge in [0.15, 0.2) is 0 Å². The van der Waals surface area contributed by atoms with Gasteiger partial charge in [0.05, 0.1) is 46.0 Å². The van der Waals surface area contributed by atoms with Crippen molar-refractivity contribution >= 4 is 13.7 Å². The Morgan fingerprint density at radius 2 is 1.21 bits per heavy atom. The number of quaternary nitrogens is 1. The van der Waals surface area contributed by atoms with E-state index in [1.807, 2.05) is 34.1 Å². The number of phosphoric ester groups is 1. The summed E-state index contributed by atoms with van der Waals surface area (Å²) in [4.78, 5) is 23.0. The summed E-state index contributed by atoms with van der Waals surface area (Å²) in [6, 6.07) is -0.891. The van der Waals surface area contributed by atoms with Gasteiger partial charge >= 0.3 is 7.82 Å². The maximum atomic E-state index is 12.8. The maximum absolute atomic E-state index is 12.8. The molecule has 0 rings (SSSR count). The summed E-state index contributed by atoms with van der Waals surface area (Å²) < 4.78 is 23.4. The van der Waals surface area contributed by atoms with Gasteiger partial charge in [0.25, 0.3) is 0 Å². The lowest BCUT2D eigenvalue weighted by atomic mass is 10.1. The van der Waals surface area contributed by atoms with E-state index in [1.54, 1.807) is 6.08 Å². The second-order valence-electron chi connectivity index (χ2n) is 14.8. The van der Waals surface area contributed by atoms with Crippen molar-refractivity contribution in [3.8, 4) is 0 Å². The minimum atomic E-state index is -4.36. The average Bonchev–Trinajstić information content (AvgIpc) is 3.10.